The molecule has 0 aromatic carbocycles. The molecule has 31 heavy (non-hydrogen) atoms. The van der Waals surface area contributed by atoms with Crippen LogP contribution in [0, 0.1) is 0 Å². The van der Waals surface area contributed by atoms with Gasteiger partial charge in [0.05, 0.1) is 4.88 Å². The fraction of sp³-hybridized carbons (Fsp3) is 0.609. The minimum atomic E-state index is 0.182. The summed E-state index contributed by atoms with van der Waals surface area (Å²) in [6, 6.07) is 6.87. The lowest BCUT2D eigenvalue weighted by atomic mass is 9.96. The fourth-order valence-corrected chi connectivity index (χ4v) is 5.64. The quantitative estimate of drug-likeness (QED) is 0.769. The summed E-state index contributed by atoms with van der Waals surface area (Å²) in [4.78, 5) is 27.2. The zero-order valence-corrected chi connectivity index (χ0v) is 18.7. The van der Waals surface area contributed by atoms with Gasteiger partial charge in [0.2, 0.25) is 5.95 Å². The summed E-state index contributed by atoms with van der Waals surface area (Å²) in [6.07, 6.45) is 7.16. The molecule has 166 valence electrons. The summed E-state index contributed by atoms with van der Waals surface area (Å²) in [5, 5.41) is 5.81. The van der Waals surface area contributed by atoms with Crippen molar-refractivity contribution < 1.29 is 9.53 Å². The van der Waals surface area contributed by atoms with Crippen LogP contribution in [-0.2, 0) is 4.74 Å². The molecular formula is C23H31N5O2S. The van der Waals surface area contributed by atoms with E-state index in [0.29, 0.717) is 18.0 Å². The molecule has 3 aliphatic rings. The number of likely N-dealkylation sites (tertiary alicyclic amines) is 1. The first-order chi connectivity index (χ1) is 15.3. The van der Waals surface area contributed by atoms with Crippen molar-refractivity contribution in [3.05, 3.63) is 40.3 Å². The molecule has 2 aromatic rings. The number of amides is 1. The van der Waals surface area contributed by atoms with E-state index >= 15 is 0 Å². The third-order valence-corrected chi connectivity index (χ3v) is 7.62. The van der Waals surface area contributed by atoms with Gasteiger partial charge in [0.1, 0.15) is 0 Å². The van der Waals surface area contributed by atoms with E-state index in [1.54, 1.807) is 0 Å². The Morgan fingerprint density at radius 1 is 1.06 bits per heavy atom. The SMILES string of the molecule is O=C(c1cccs1)N1CCC(NC2CCN(c3nccc(C4CCOCC4)n3)C2)CC1. The van der Waals surface area contributed by atoms with Gasteiger partial charge in [0.15, 0.2) is 0 Å². The molecule has 7 nitrogen and oxygen atoms in total. The van der Waals surface area contributed by atoms with E-state index in [9.17, 15) is 4.79 Å². The van der Waals surface area contributed by atoms with Crippen molar-refractivity contribution in [3.8, 4) is 0 Å². The molecule has 1 unspecified atom stereocenters. The van der Waals surface area contributed by atoms with Crippen LogP contribution >= 0.6 is 11.3 Å². The van der Waals surface area contributed by atoms with E-state index in [2.05, 4.69) is 21.3 Å². The number of ether oxygens (including phenoxy) is 1. The van der Waals surface area contributed by atoms with E-state index in [1.807, 2.05) is 28.6 Å². The van der Waals surface area contributed by atoms with Crippen molar-refractivity contribution in [1.29, 1.82) is 0 Å². The number of aromatic nitrogens is 2. The molecule has 0 aliphatic carbocycles. The molecule has 3 fully saturated rings. The molecule has 1 N–H and O–H groups in total. The summed E-state index contributed by atoms with van der Waals surface area (Å²) in [6.45, 7) is 5.27. The largest absolute Gasteiger partial charge is 0.381 e. The summed E-state index contributed by atoms with van der Waals surface area (Å²) < 4.78 is 5.49. The molecule has 0 saturated carbocycles. The van der Waals surface area contributed by atoms with E-state index < -0.39 is 0 Å². The predicted octanol–water partition coefficient (Wildman–Crippen LogP) is 2.91. The van der Waals surface area contributed by atoms with E-state index in [1.165, 1.54) is 11.3 Å². The Morgan fingerprint density at radius 2 is 1.87 bits per heavy atom. The molecule has 2 aromatic heterocycles. The van der Waals surface area contributed by atoms with Gasteiger partial charge in [-0.15, -0.1) is 11.3 Å². The van der Waals surface area contributed by atoms with Gasteiger partial charge in [-0.1, -0.05) is 6.07 Å². The Hall–Kier alpha value is -2.03. The monoisotopic (exact) mass is 441 g/mol. The fourth-order valence-electron chi connectivity index (χ4n) is 4.95. The lowest BCUT2D eigenvalue weighted by molar-refractivity contribution is 0.0707. The molecule has 5 rings (SSSR count). The third-order valence-electron chi connectivity index (χ3n) is 6.76. The Labute approximate surface area is 187 Å². The number of carbonyl (C=O) groups is 1. The van der Waals surface area contributed by atoms with Crippen LogP contribution in [0.5, 0.6) is 0 Å². The Kier molecular flexibility index (Phi) is 6.47. The Morgan fingerprint density at radius 3 is 2.65 bits per heavy atom. The molecule has 1 amide bonds. The number of piperidine rings is 1. The number of carbonyl (C=O) groups excluding carboxylic acids is 1. The number of rotatable bonds is 5. The molecule has 0 spiro atoms. The second-order valence-corrected chi connectivity index (χ2v) is 9.76. The number of anilines is 1. The maximum Gasteiger partial charge on any atom is 0.263 e. The summed E-state index contributed by atoms with van der Waals surface area (Å²) in [7, 11) is 0. The lowest BCUT2D eigenvalue weighted by Gasteiger charge is -2.33. The zero-order valence-electron chi connectivity index (χ0n) is 17.9. The number of thiophene rings is 1. The molecule has 3 aliphatic heterocycles. The first-order valence-corrected chi connectivity index (χ1v) is 12.4. The maximum absolute atomic E-state index is 12.5. The minimum Gasteiger partial charge on any atom is -0.381 e. The van der Waals surface area contributed by atoms with Gasteiger partial charge in [0, 0.05) is 69.3 Å². The highest BCUT2D eigenvalue weighted by Crippen LogP contribution is 2.27. The topological polar surface area (TPSA) is 70.6 Å². The molecule has 0 bridgehead atoms. The Balaban J connectivity index is 1.11. The molecule has 8 heteroatoms. The van der Waals surface area contributed by atoms with Crippen molar-refractivity contribution in [2.75, 3.05) is 44.3 Å². The first kappa shape index (κ1) is 20.8. The van der Waals surface area contributed by atoms with Crippen LogP contribution in [-0.4, -0.2) is 72.3 Å². The Bertz CT molecular complexity index is 863. The second-order valence-electron chi connectivity index (χ2n) is 8.81. The summed E-state index contributed by atoms with van der Waals surface area (Å²) in [5.41, 5.74) is 1.16. The number of nitrogens with zero attached hydrogens (tertiary/aromatic N) is 4. The van der Waals surface area contributed by atoms with Gasteiger partial charge < -0.3 is 19.9 Å². The van der Waals surface area contributed by atoms with E-state index in [0.717, 1.165) is 88.0 Å². The molecular weight excluding hydrogens is 410 g/mol. The smallest absolute Gasteiger partial charge is 0.263 e. The van der Waals surface area contributed by atoms with Crippen molar-refractivity contribution in [2.24, 2.45) is 0 Å². The van der Waals surface area contributed by atoms with Gasteiger partial charge in [-0.05, 0) is 49.6 Å². The summed E-state index contributed by atoms with van der Waals surface area (Å²) in [5.74, 6) is 1.54. The van der Waals surface area contributed by atoms with Crippen LogP contribution < -0.4 is 10.2 Å². The standard InChI is InChI=1S/C23H31N5O2S/c29-22(21-2-1-15-31-21)27-10-4-18(5-11-27)25-19-6-12-28(16-19)23-24-9-3-20(26-23)17-7-13-30-14-8-17/h1-3,9,15,17-19,25H,4-8,10-14,16H2. The van der Waals surface area contributed by atoms with Gasteiger partial charge in [-0.3, -0.25) is 4.79 Å². The average molecular weight is 442 g/mol. The molecule has 5 heterocycles. The zero-order chi connectivity index (χ0) is 21.0. The minimum absolute atomic E-state index is 0.182. The van der Waals surface area contributed by atoms with Crippen LogP contribution in [0.1, 0.15) is 53.4 Å². The highest BCUT2D eigenvalue weighted by Gasteiger charge is 2.30. The lowest BCUT2D eigenvalue weighted by Crippen LogP contribution is -2.48. The highest BCUT2D eigenvalue weighted by atomic mass is 32.1. The third kappa shape index (κ3) is 4.91. The molecule has 3 saturated heterocycles. The van der Waals surface area contributed by atoms with Gasteiger partial charge in [0.25, 0.3) is 5.91 Å². The first-order valence-electron chi connectivity index (χ1n) is 11.5. The normalized spacial score (nSPS) is 23.4. The van der Waals surface area contributed by atoms with Crippen LogP contribution in [0.3, 0.4) is 0 Å². The van der Waals surface area contributed by atoms with Crippen LogP contribution in [0.4, 0.5) is 5.95 Å². The number of nitrogens with one attached hydrogen (secondary N) is 1. The van der Waals surface area contributed by atoms with Crippen LogP contribution in [0.25, 0.3) is 0 Å². The molecule has 1 atom stereocenters. The van der Waals surface area contributed by atoms with Crippen LogP contribution in [0.15, 0.2) is 29.8 Å². The average Bonchev–Trinajstić information content (AvgIpc) is 3.53. The van der Waals surface area contributed by atoms with Crippen molar-refractivity contribution in [3.63, 3.8) is 0 Å². The number of hydrogen-bond donors (Lipinski definition) is 1. The second kappa shape index (κ2) is 9.63. The van der Waals surface area contributed by atoms with Crippen molar-refractivity contribution in [2.45, 2.75) is 50.1 Å². The maximum atomic E-state index is 12.5. The number of hydrogen-bond acceptors (Lipinski definition) is 7. The molecule has 0 radical (unpaired) electrons. The van der Waals surface area contributed by atoms with Crippen molar-refractivity contribution >= 4 is 23.2 Å². The van der Waals surface area contributed by atoms with Crippen molar-refractivity contribution in [1.82, 2.24) is 20.2 Å². The highest BCUT2D eigenvalue weighted by molar-refractivity contribution is 7.12. The summed E-state index contributed by atoms with van der Waals surface area (Å²) >= 11 is 1.53. The van der Waals surface area contributed by atoms with Crippen LogP contribution in [0.2, 0.25) is 0 Å². The predicted molar refractivity (Wildman–Crippen MR) is 122 cm³/mol. The van der Waals surface area contributed by atoms with Gasteiger partial charge in [-0.2, -0.15) is 0 Å². The van der Waals surface area contributed by atoms with Gasteiger partial charge in [-0.25, -0.2) is 9.97 Å². The van der Waals surface area contributed by atoms with E-state index in [4.69, 9.17) is 9.72 Å². The van der Waals surface area contributed by atoms with Gasteiger partial charge >= 0.3 is 0 Å². The van der Waals surface area contributed by atoms with E-state index in [-0.39, 0.29) is 5.91 Å².